The average Bonchev–Trinajstić information content (AvgIpc) is 3.78. The van der Waals surface area contributed by atoms with Crippen LogP contribution in [0, 0.1) is 25.9 Å². The van der Waals surface area contributed by atoms with E-state index in [0.717, 1.165) is 72.5 Å². The second-order valence-corrected chi connectivity index (χ2v) is 26.9. The van der Waals surface area contributed by atoms with Crippen LogP contribution >= 0.6 is 0 Å². The number of imidazole rings is 1. The van der Waals surface area contributed by atoms with Crippen LogP contribution < -0.4 is 4.40 Å². The Labute approximate surface area is 356 Å². The molecule has 0 N–H and O–H groups in total. The van der Waals surface area contributed by atoms with Gasteiger partial charge < -0.3 is 8.98 Å². The van der Waals surface area contributed by atoms with Crippen LogP contribution in [0.2, 0.25) is 17.3 Å². The van der Waals surface area contributed by atoms with Crippen molar-refractivity contribution in [2.24, 2.45) is 0 Å². The number of aryl methyl sites for hydroxylation is 2. The summed E-state index contributed by atoms with van der Waals surface area (Å²) in [5.74, 6) is 7.78. The zero-order valence-electron chi connectivity index (χ0n) is 36.2. The first kappa shape index (κ1) is 36.2. The van der Waals surface area contributed by atoms with E-state index in [0.29, 0.717) is 11.3 Å². The zero-order chi connectivity index (χ0) is 41.7. The van der Waals surface area contributed by atoms with Crippen molar-refractivity contribution in [3.8, 4) is 39.5 Å². The largest absolute Gasteiger partial charge is 0 e. The minimum Gasteiger partial charge on any atom is 0 e. The quantitative estimate of drug-likeness (QED) is 0.127. The van der Waals surface area contributed by atoms with Crippen molar-refractivity contribution < 1.29 is 28.6 Å². The Bertz CT molecular complexity index is 2890. The molecule has 0 bridgehead atoms. The number of aromatic nitrogens is 4. The van der Waals surface area contributed by atoms with Crippen LogP contribution in [-0.4, -0.2) is 32.8 Å². The minimum absolute atomic E-state index is 0. The first-order valence-electron chi connectivity index (χ1n) is 20.4. The first-order valence-corrected chi connectivity index (χ1v) is 26.3. The minimum atomic E-state index is -2.08. The monoisotopic (exact) mass is 988 g/mol. The Morgan fingerprint density at radius 2 is 1.56 bits per heavy atom. The van der Waals surface area contributed by atoms with Gasteiger partial charge in [0.1, 0.15) is 0 Å². The van der Waals surface area contributed by atoms with Crippen molar-refractivity contribution in [2.75, 3.05) is 0 Å². The summed E-state index contributed by atoms with van der Waals surface area (Å²) < 4.78 is 32.1. The van der Waals surface area contributed by atoms with E-state index in [1.54, 1.807) is 12.1 Å². The van der Waals surface area contributed by atoms with Gasteiger partial charge >= 0.3 is 110 Å². The molecule has 5 nitrogen and oxygen atoms in total. The Morgan fingerprint density at radius 1 is 0.772 bits per heavy atom. The normalized spacial score (nSPS) is 12.7. The van der Waals surface area contributed by atoms with Gasteiger partial charge in [0.25, 0.3) is 0 Å². The molecule has 0 aliphatic carbocycles. The van der Waals surface area contributed by atoms with Gasteiger partial charge in [-0.25, -0.2) is 4.98 Å². The SMILES string of the molecule is Cc1ccc2c(n1)oc1c(-c3nc4ccccc4n3-c3c(-c4ccccc4)cccc3C(C)(C)C)[c-]ccc12.[2H]C([2H])([2H])c1c[c-]c(-c2cc[c]([Ge]([CH3])([CH3])[CH3])cn2)cc1.[Ir]. The maximum atomic E-state index is 7.35. The third-order valence-corrected chi connectivity index (χ3v) is 14.3. The molecule has 0 aliphatic rings. The predicted molar refractivity (Wildman–Crippen MR) is 236 cm³/mol. The number of nitrogens with zero attached hydrogens (tertiary/aromatic N) is 4. The van der Waals surface area contributed by atoms with Gasteiger partial charge in [0.05, 0.1) is 28.1 Å². The molecule has 4 aromatic heterocycles. The molecule has 0 unspecified atom stereocenters. The van der Waals surface area contributed by atoms with E-state index in [1.165, 1.54) is 16.0 Å². The summed E-state index contributed by atoms with van der Waals surface area (Å²) >= 11 is -1.83. The molecule has 0 spiro atoms. The Kier molecular flexibility index (Phi) is 10.2. The number of pyridine rings is 2. The molecule has 57 heavy (non-hydrogen) atoms. The number of furan rings is 1. The molecule has 7 heteroatoms. The van der Waals surface area contributed by atoms with Gasteiger partial charge in [-0.3, -0.25) is 4.98 Å². The fourth-order valence-corrected chi connectivity index (χ4v) is 9.29. The van der Waals surface area contributed by atoms with Gasteiger partial charge in [0, 0.05) is 36.7 Å². The van der Waals surface area contributed by atoms with Crippen LogP contribution in [0.15, 0.2) is 138 Å². The maximum Gasteiger partial charge on any atom is 0 e. The third-order valence-electron chi connectivity index (χ3n) is 10.1. The third kappa shape index (κ3) is 8.04. The fraction of sp³-hybridized carbons (Fsp3) is 0.180. The number of fused-ring (bicyclic) bond motifs is 4. The number of benzene rings is 5. The molecule has 5 aromatic carbocycles. The first-order chi connectivity index (χ1) is 28.1. The number of hydrogen-bond acceptors (Lipinski definition) is 4. The molecule has 287 valence electrons. The van der Waals surface area contributed by atoms with Gasteiger partial charge in [-0.05, 0) is 47.7 Å². The molecule has 0 atom stereocenters. The zero-order valence-corrected chi connectivity index (χ0v) is 37.7. The van der Waals surface area contributed by atoms with Crippen LogP contribution in [0.25, 0.3) is 72.6 Å². The summed E-state index contributed by atoms with van der Waals surface area (Å²) in [6.07, 6.45) is 1.95. The molecule has 4 heterocycles. The molecule has 0 amide bonds. The molecule has 0 saturated heterocycles. The average molecular weight is 987 g/mol. The van der Waals surface area contributed by atoms with Gasteiger partial charge in [0.2, 0.25) is 5.71 Å². The number of para-hydroxylation sites is 3. The van der Waals surface area contributed by atoms with Crippen molar-refractivity contribution in [3.05, 3.63) is 163 Å². The van der Waals surface area contributed by atoms with E-state index in [-0.39, 0.29) is 25.5 Å². The summed E-state index contributed by atoms with van der Waals surface area (Å²) in [5.41, 5.74) is 11.6. The van der Waals surface area contributed by atoms with Gasteiger partial charge in [-0.2, -0.15) is 0 Å². The summed E-state index contributed by atoms with van der Waals surface area (Å²) in [6.45, 7) is 6.69. The summed E-state index contributed by atoms with van der Waals surface area (Å²) in [6, 6.07) is 49.2. The second kappa shape index (κ2) is 16.0. The Morgan fingerprint density at radius 3 is 2.26 bits per heavy atom. The van der Waals surface area contributed by atoms with Crippen molar-refractivity contribution >= 4 is 50.8 Å². The summed E-state index contributed by atoms with van der Waals surface area (Å²) in [4.78, 5) is 14.4. The van der Waals surface area contributed by atoms with Crippen molar-refractivity contribution in [1.29, 1.82) is 0 Å². The number of rotatable bonds is 5. The van der Waals surface area contributed by atoms with Crippen LogP contribution in [-0.2, 0) is 25.5 Å². The fourth-order valence-electron chi connectivity index (χ4n) is 7.12. The molecule has 9 rings (SSSR count). The molecular formula is C50H46GeIrN4O-2. The van der Waals surface area contributed by atoms with Gasteiger partial charge in [-0.1, -0.05) is 92.4 Å². The molecule has 0 fully saturated rings. The van der Waals surface area contributed by atoms with Crippen molar-refractivity contribution in [2.45, 2.75) is 57.2 Å². The van der Waals surface area contributed by atoms with E-state index in [1.807, 2.05) is 43.5 Å². The van der Waals surface area contributed by atoms with Crippen LogP contribution in [0.4, 0.5) is 0 Å². The standard InChI is InChI=1S/C35H28N3O.C15H18GeN.Ir/c1-22-20-21-26-25-15-10-16-27(32(25)39-34(26)36-22)33-37-29-18-8-9-19-30(29)38(33)31-24(23-12-6-5-7-13-23)14-11-17-28(31)35(2,3)4;1-12-5-7-13(8-6-12)15-10-9-14(11-17-15)16(2,3)4;/h5-15,17-21H,1-4H3;5-7,9-11H,1-4H3;/q2*-1;/i;1D3;. The van der Waals surface area contributed by atoms with Gasteiger partial charge in [0.15, 0.2) is 0 Å². The number of hydrogen-bond donors (Lipinski definition) is 0. The van der Waals surface area contributed by atoms with Crippen LogP contribution in [0.5, 0.6) is 0 Å². The topological polar surface area (TPSA) is 56.7 Å². The second-order valence-electron chi connectivity index (χ2n) is 16.3. The van der Waals surface area contributed by atoms with E-state index in [9.17, 15) is 0 Å². The molecule has 9 aromatic rings. The van der Waals surface area contributed by atoms with E-state index >= 15 is 0 Å². The van der Waals surface area contributed by atoms with Crippen molar-refractivity contribution in [3.63, 3.8) is 0 Å². The smallest absolute Gasteiger partial charge is 0 e. The molecular weight excluding hydrogens is 937 g/mol. The van der Waals surface area contributed by atoms with E-state index in [4.69, 9.17) is 13.5 Å². The molecule has 0 saturated carbocycles. The van der Waals surface area contributed by atoms with Crippen LogP contribution in [0.3, 0.4) is 0 Å². The van der Waals surface area contributed by atoms with E-state index < -0.39 is 20.1 Å². The molecule has 0 aliphatic heterocycles. The Balaban J connectivity index is 0.000000220. The molecule has 1 radical (unpaired) electrons. The maximum absolute atomic E-state index is 7.35. The summed E-state index contributed by atoms with van der Waals surface area (Å²) in [5, 5.41) is 2.01. The Hall–Kier alpha value is -5.14. The summed E-state index contributed by atoms with van der Waals surface area (Å²) in [7, 11) is 0. The predicted octanol–water partition coefficient (Wildman–Crippen LogP) is 12.5. The van der Waals surface area contributed by atoms with E-state index in [2.05, 4.69) is 144 Å². The van der Waals surface area contributed by atoms with Crippen molar-refractivity contribution in [1.82, 2.24) is 19.5 Å². The van der Waals surface area contributed by atoms with Gasteiger partial charge in [-0.15, -0.1) is 18.2 Å². The van der Waals surface area contributed by atoms with Crippen LogP contribution in [0.1, 0.15) is 41.7 Å².